The number of benzene rings is 2. The first kappa shape index (κ1) is 15.5. The van der Waals surface area contributed by atoms with E-state index in [9.17, 15) is 0 Å². The molecule has 2 aromatic carbocycles. The third-order valence-electron chi connectivity index (χ3n) is 5.17. The van der Waals surface area contributed by atoms with Crippen LogP contribution in [0.1, 0.15) is 0 Å². The summed E-state index contributed by atoms with van der Waals surface area (Å²) >= 11 is 6.01. The number of halogens is 1. The molecule has 1 fully saturated rings. The number of hydrogen-bond donors (Lipinski definition) is 0. The highest BCUT2D eigenvalue weighted by Crippen LogP contribution is 2.28. The number of fused-ring (bicyclic) bond motifs is 3. The van der Waals surface area contributed by atoms with Gasteiger partial charge in [0, 0.05) is 43.1 Å². The summed E-state index contributed by atoms with van der Waals surface area (Å²) in [5.74, 6) is 0. The minimum atomic E-state index is 0.783. The monoisotopic (exact) mass is 362 g/mol. The van der Waals surface area contributed by atoms with Crippen LogP contribution in [0.3, 0.4) is 0 Å². The summed E-state index contributed by atoms with van der Waals surface area (Å²) in [6.45, 7) is 3.94. The normalized spacial score (nSPS) is 15.1. The van der Waals surface area contributed by atoms with Gasteiger partial charge in [-0.3, -0.25) is 4.98 Å². The van der Waals surface area contributed by atoms with Gasteiger partial charge in [-0.2, -0.15) is 0 Å². The van der Waals surface area contributed by atoms with Crippen molar-refractivity contribution in [2.24, 2.45) is 0 Å². The molecule has 5 rings (SSSR count). The lowest BCUT2D eigenvalue weighted by Gasteiger charge is -2.37. The lowest BCUT2D eigenvalue weighted by Crippen LogP contribution is -2.46. The summed E-state index contributed by atoms with van der Waals surface area (Å²) in [7, 11) is 0. The summed E-state index contributed by atoms with van der Waals surface area (Å²) < 4.78 is 2.20. The highest BCUT2D eigenvalue weighted by Gasteiger charge is 2.20. The highest BCUT2D eigenvalue weighted by atomic mass is 35.5. The lowest BCUT2D eigenvalue weighted by atomic mass is 10.2. The van der Waals surface area contributed by atoms with Crippen molar-refractivity contribution in [1.29, 1.82) is 0 Å². The Morgan fingerprint density at radius 2 is 1.58 bits per heavy atom. The van der Waals surface area contributed by atoms with E-state index in [4.69, 9.17) is 16.6 Å². The third-order valence-corrected chi connectivity index (χ3v) is 5.42. The van der Waals surface area contributed by atoms with E-state index in [0.29, 0.717) is 0 Å². The van der Waals surface area contributed by atoms with Crippen LogP contribution in [0.25, 0.3) is 16.6 Å². The smallest absolute Gasteiger partial charge is 0.110 e. The predicted octanol–water partition coefficient (Wildman–Crippen LogP) is 4.47. The molecule has 0 saturated carbocycles. The summed E-state index contributed by atoms with van der Waals surface area (Å²) in [4.78, 5) is 9.61. The first-order valence-corrected chi connectivity index (χ1v) is 9.28. The van der Waals surface area contributed by atoms with Crippen LogP contribution in [0.2, 0.25) is 5.02 Å². The second kappa shape index (κ2) is 6.22. The maximum absolute atomic E-state index is 6.01. The average Bonchev–Trinajstić information content (AvgIpc) is 3.18. The fourth-order valence-corrected chi connectivity index (χ4v) is 3.93. The van der Waals surface area contributed by atoms with Crippen LogP contribution >= 0.6 is 11.6 Å². The Labute approximate surface area is 157 Å². The number of para-hydroxylation sites is 1. The third kappa shape index (κ3) is 2.58. The Bertz CT molecular complexity index is 1060. The largest absolute Gasteiger partial charge is 0.368 e. The van der Waals surface area contributed by atoms with Gasteiger partial charge >= 0.3 is 0 Å². The van der Waals surface area contributed by atoms with Gasteiger partial charge in [0.25, 0.3) is 0 Å². The van der Waals surface area contributed by atoms with E-state index in [-0.39, 0.29) is 0 Å². The second-order valence-corrected chi connectivity index (χ2v) is 7.09. The van der Waals surface area contributed by atoms with Crippen LogP contribution in [-0.4, -0.2) is 35.6 Å². The number of hydrogen-bond acceptors (Lipinski definition) is 3. The van der Waals surface area contributed by atoms with Crippen LogP contribution in [0.4, 0.5) is 11.4 Å². The molecule has 4 nitrogen and oxygen atoms in total. The maximum atomic E-state index is 6.01. The Morgan fingerprint density at radius 1 is 0.808 bits per heavy atom. The molecule has 0 radical (unpaired) electrons. The topological polar surface area (TPSA) is 23.8 Å². The first-order chi connectivity index (χ1) is 12.8. The van der Waals surface area contributed by atoms with E-state index in [0.717, 1.165) is 47.8 Å². The maximum Gasteiger partial charge on any atom is 0.110 e. The van der Waals surface area contributed by atoms with Gasteiger partial charge in [0.1, 0.15) is 5.52 Å². The molecular formula is C21H19ClN4. The van der Waals surface area contributed by atoms with Crippen molar-refractivity contribution in [3.63, 3.8) is 0 Å². The summed E-state index contributed by atoms with van der Waals surface area (Å²) in [6.07, 6.45) is 4.05. The molecular weight excluding hydrogens is 344 g/mol. The molecule has 0 spiro atoms. The molecule has 1 saturated heterocycles. The molecule has 130 valence electrons. The zero-order valence-corrected chi connectivity index (χ0v) is 15.1. The van der Waals surface area contributed by atoms with E-state index < -0.39 is 0 Å². The van der Waals surface area contributed by atoms with E-state index in [1.54, 1.807) is 0 Å². The molecule has 3 heterocycles. The number of rotatable bonds is 2. The van der Waals surface area contributed by atoms with Crippen molar-refractivity contribution in [2.45, 2.75) is 0 Å². The van der Waals surface area contributed by atoms with Crippen molar-refractivity contribution < 1.29 is 0 Å². The molecule has 4 aromatic rings. The van der Waals surface area contributed by atoms with Crippen molar-refractivity contribution in [1.82, 2.24) is 9.38 Å². The molecule has 1 aliphatic rings. The number of aromatic nitrogens is 2. The van der Waals surface area contributed by atoms with Crippen molar-refractivity contribution in [3.8, 4) is 0 Å². The van der Waals surface area contributed by atoms with Crippen LogP contribution in [0.5, 0.6) is 0 Å². The van der Waals surface area contributed by atoms with Gasteiger partial charge < -0.3 is 14.2 Å². The fourth-order valence-electron chi connectivity index (χ4n) is 3.81. The summed E-state index contributed by atoms with van der Waals surface area (Å²) in [5.41, 5.74) is 5.80. The van der Waals surface area contributed by atoms with Gasteiger partial charge in [0.05, 0.1) is 22.9 Å². The van der Waals surface area contributed by atoms with Gasteiger partial charge in [-0.1, -0.05) is 17.7 Å². The second-order valence-electron chi connectivity index (χ2n) is 6.66. The number of anilines is 2. The van der Waals surface area contributed by atoms with Gasteiger partial charge in [0.2, 0.25) is 0 Å². The number of nitrogens with zero attached hydrogens (tertiary/aromatic N) is 4. The quantitative estimate of drug-likeness (QED) is 0.525. The minimum absolute atomic E-state index is 0.783. The van der Waals surface area contributed by atoms with E-state index >= 15 is 0 Å². The van der Waals surface area contributed by atoms with Gasteiger partial charge in [0.15, 0.2) is 0 Å². The SMILES string of the molecule is Clc1ccc(N2CCN(c3cccc4c3ncc3cccn34)CC2)cc1. The van der Waals surface area contributed by atoms with Crippen molar-refractivity contribution in [2.75, 3.05) is 36.0 Å². The molecule has 0 N–H and O–H groups in total. The fraction of sp³-hybridized carbons (Fsp3) is 0.190. The van der Waals surface area contributed by atoms with Crippen molar-refractivity contribution >= 4 is 39.5 Å². The Hall–Kier alpha value is -2.72. The van der Waals surface area contributed by atoms with Gasteiger partial charge in [-0.25, -0.2) is 0 Å². The average molecular weight is 363 g/mol. The molecule has 1 aliphatic heterocycles. The Morgan fingerprint density at radius 3 is 2.38 bits per heavy atom. The van der Waals surface area contributed by atoms with Crippen LogP contribution < -0.4 is 9.80 Å². The standard InChI is InChI=1S/C21H19ClN4/c22-16-6-8-17(9-7-16)24-11-13-25(14-12-24)19-4-1-5-20-21(19)23-15-18-3-2-10-26(18)20/h1-10,15H,11-14H2. The van der Waals surface area contributed by atoms with Gasteiger partial charge in [-0.05, 0) is 48.5 Å². The summed E-state index contributed by atoms with van der Waals surface area (Å²) in [5, 5.41) is 0.783. The molecule has 0 bridgehead atoms. The van der Waals surface area contributed by atoms with Gasteiger partial charge in [-0.15, -0.1) is 0 Å². The van der Waals surface area contributed by atoms with E-state index in [1.807, 2.05) is 18.3 Å². The zero-order valence-electron chi connectivity index (χ0n) is 14.3. The molecule has 0 amide bonds. The number of piperazine rings is 1. The summed E-state index contributed by atoms with van der Waals surface area (Å²) in [6, 6.07) is 18.7. The Kier molecular flexibility index (Phi) is 3.71. The van der Waals surface area contributed by atoms with Crippen molar-refractivity contribution in [3.05, 3.63) is 72.0 Å². The van der Waals surface area contributed by atoms with E-state index in [1.165, 1.54) is 11.4 Å². The lowest BCUT2D eigenvalue weighted by molar-refractivity contribution is 0.654. The predicted molar refractivity (Wildman–Crippen MR) is 109 cm³/mol. The molecule has 26 heavy (non-hydrogen) atoms. The molecule has 5 heteroatoms. The zero-order chi connectivity index (χ0) is 17.5. The van der Waals surface area contributed by atoms with Crippen LogP contribution in [0, 0.1) is 0 Å². The van der Waals surface area contributed by atoms with E-state index in [2.05, 4.69) is 62.9 Å². The van der Waals surface area contributed by atoms with Crippen LogP contribution in [0.15, 0.2) is 67.0 Å². The van der Waals surface area contributed by atoms with Crippen LogP contribution in [-0.2, 0) is 0 Å². The molecule has 2 aromatic heterocycles. The first-order valence-electron chi connectivity index (χ1n) is 8.90. The Balaban J connectivity index is 1.43. The molecule has 0 atom stereocenters. The molecule has 0 aliphatic carbocycles. The minimum Gasteiger partial charge on any atom is -0.368 e. The highest BCUT2D eigenvalue weighted by molar-refractivity contribution is 6.30. The molecule has 0 unspecified atom stereocenters.